The van der Waals surface area contributed by atoms with E-state index in [0.29, 0.717) is 0 Å². The van der Waals surface area contributed by atoms with Crippen LogP contribution in [0.5, 0.6) is 11.5 Å². The van der Waals surface area contributed by atoms with Crippen LogP contribution in [0.15, 0.2) is 18.2 Å². The van der Waals surface area contributed by atoms with Crippen LogP contribution in [-0.4, -0.2) is 19.5 Å². The van der Waals surface area contributed by atoms with Gasteiger partial charge in [-0.05, 0) is 42.7 Å². The van der Waals surface area contributed by atoms with Crippen LogP contribution in [0.2, 0.25) is 0 Å². The van der Waals surface area contributed by atoms with Crippen molar-refractivity contribution in [2.45, 2.75) is 39.0 Å². The average molecular weight is 280 g/mol. The highest BCUT2D eigenvalue weighted by Gasteiger charge is 2.33. The summed E-state index contributed by atoms with van der Waals surface area (Å²) in [7, 11) is 1.70. The first kappa shape index (κ1) is 14.6. The third-order valence-electron chi connectivity index (χ3n) is 4.17. The summed E-state index contributed by atoms with van der Waals surface area (Å²) < 4.78 is 11.5. The standard InChI is InChI=1S/C16H24O2S/c1-3-13-6-7-14(15(10-13)17-2)18-11-16(12-19)8-4-5-9-16/h6-7,10,19H,3-5,8-9,11-12H2,1-2H3. The Labute approximate surface area is 121 Å². The molecule has 1 aromatic carbocycles. The van der Waals surface area contributed by atoms with E-state index in [4.69, 9.17) is 9.47 Å². The number of hydrogen-bond donors (Lipinski definition) is 1. The lowest BCUT2D eigenvalue weighted by molar-refractivity contribution is 0.168. The molecule has 0 N–H and O–H groups in total. The summed E-state index contributed by atoms with van der Waals surface area (Å²) in [6, 6.07) is 6.20. The summed E-state index contributed by atoms with van der Waals surface area (Å²) >= 11 is 4.52. The molecule has 2 nitrogen and oxygen atoms in total. The number of benzene rings is 1. The van der Waals surface area contributed by atoms with Gasteiger partial charge in [-0.3, -0.25) is 0 Å². The molecule has 1 fully saturated rings. The monoisotopic (exact) mass is 280 g/mol. The SMILES string of the molecule is CCc1ccc(OCC2(CS)CCCC2)c(OC)c1. The third kappa shape index (κ3) is 3.38. The summed E-state index contributed by atoms with van der Waals surface area (Å²) in [5.74, 6) is 2.60. The summed E-state index contributed by atoms with van der Waals surface area (Å²) in [4.78, 5) is 0. The van der Waals surface area contributed by atoms with Gasteiger partial charge in [-0.1, -0.05) is 25.8 Å². The Morgan fingerprint density at radius 3 is 2.53 bits per heavy atom. The van der Waals surface area contributed by atoms with Crippen LogP contribution in [-0.2, 0) is 6.42 Å². The lowest BCUT2D eigenvalue weighted by Crippen LogP contribution is -2.27. The van der Waals surface area contributed by atoms with E-state index in [2.05, 4.69) is 31.7 Å². The zero-order valence-corrected chi connectivity index (χ0v) is 12.8. The van der Waals surface area contributed by atoms with Crippen LogP contribution in [0.1, 0.15) is 38.2 Å². The molecule has 0 amide bonds. The highest BCUT2D eigenvalue weighted by atomic mass is 32.1. The van der Waals surface area contributed by atoms with E-state index in [1.807, 2.05) is 6.07 Å². The Kier molecular flexibility index (Phi) is 5.03. The molecule has 0 aromatic heterocycles. The van der Waals surface area contributed by atoms with E-state index in [-0.39, 0.29) is 5.41 Å². The minimum absolute atomic E-state index is 0.261. The second kappa shape index (κ2) is 6.56. The van der Waals surface area contributed by atoms with Crippen molar-refractivity contribution in [3.63, 3.8) is 0 Å². The van der Waals surface area contributed by atoms with Gasteiger partial charge in [0.1, 0.15) is 0 Å². The van der Waals surface area contributed by atoms with Crippen LogP contribution in [0.3, 0.4) is 0 Å². The number of ether oxygens (including phenoxy) is 2. The van der Waals surface area contributed by atoms with E-state index in [0.717, 1.165) is 30.3 Å². The Morgan fingerprint density at radius 2 is 1.95 bits per heavy atom. The number of hydrogen-bond acceptors (Lipinski definition) is 3. The van der Waals surface area contributed by atoms with Gasteiger partial charge in [0.15, 0.2) is 11.5 Å². The molecule has 2 rings (SSSR count). The highest BCUT2D eigenvalue weighted by Crippen LogP contribution is 2.40. The minimum atomic E-state index is 0.261. The van der Waals surface area contributed by atoms with Crippen molar-refractivity contribution in [1.29, 1.82) is 0 Å². The van der Waals surface area contributed by atoms with Gasteiger partial charge in [-0.2, -0.15) is 12.6 Å². The molecule has 1 saturated carbocycles. The van der Waals surface area contributed by atoms with Crippen molar-refractivity contribution < 1.29 is 9.47 Å². The summed E-state index contributed by atoms with van der Waals surface area (Å²) in [5, 5.41) is 0. The Morgan fingerprint density at radius 1 is 1.21 bits per heavy atom. The molecule has 1 aliphatic rings. The number of thiol groups is 1. The van der Waals surface area contributed by atoms with Gasteiger partial charge in [0.2, 0.25) is 0 Å². The maximum Gasteiger partial charge on any atom is 0.161 e. The number of methoxy groups -OCH3 is 1. The first-order valence-electron chi connectivity index (χ1n) is 7.13. The van der Waals surface area contributed by atoms with Crippen LogP contribution < -0.4 is 9.47 Å². The molecule has 106 valence electrons. The van der Waals surface area contributed by atoms with E-state index < -0.39 is 0 Å². The second-order valence-corrected chi connectivity index (χ2v) is 5.81. The molecule has 0 unspecified atom stereocenters. The molecule has 0 heterocycles. The number of aryl methyl sites for hydroxylation is 1. The lowest BCUT2D eigenvalue weighted by Gasteiger charge is -2.27. The maximum absolute atomic E-state index is 6.03. The minimum Gasteiger partial charge on any atom is -0.493 e. The Bertz CT molecular complexity index is 411. The van der Waals surface area contributed by atoms with Crippen molar-refractivity contribution >= 4 is 12.6 Å². The van der Waals surface area contributed by atoms with Gasteiger partial charge in [0.05, 0.1) is 13.7 Å². The molecule has 1 aromatic rings. The predicted octanol–water partition coefficient (Wildman–Crippen LogP) is 4.13. The van der Waals surface area contributed by atoms with Gasteiger partial charge in [-0.15, -0.1) is 0 Å². The van der Waals surface area contributed by atoms with E-state index >= 15 is 0 Å². The Balaban J connectivity index is 2.06. The van der Waals surface area contributed by atoms with Crippen molar-refractivity contribution in [3.8, 4) is 11.5 Å². The molecule has 0 saturated heterocycles. The molecular formula is C16H24O2S. The van der Waals surface area contributed by atoms with Crippen LogP contribution in [0.25, 0.3) is 0 Å². The largest absolute Gasteiger partial charge is 0.493 e. The van der Waals surface area contributed by atoms with Gasteiger partial charge < -0.3 is 9.47 Å². The van der Waals surface area contributed by atoms with Gasteiger partial charge in [-0.25, -0.2) is 0 Å². The van der Waals surface area contributed by atoms with Gasteiger partial charge >= 0.3 is 0 Å². The van der Waals surface area contributed by atoms with Crippen molar-refractivity contribution in [2.24, 2.45) is 5.41 Å². The third-order valence-corrected chi connectivity index (χ3v) is 4.84. The van der Waals surface area contributed by atoms with Gasteiger partial charge in [0.25, 0.3) is 0 Å². The fourth-order valence-corrected chi connectivity index (χ4v) is 3.16. The predicted molar refractivity (Wildman–Crippen MR) is 82.6 cm³/mol. The lowest BCUT2D eigenvalue weighted by atomic mass is 9.90. The molecule has 3 heteroatoms. The topological polar surface area (TPSA) is 18.5 Å². The summed E-state index contributed by atoms with van der Waals surface area (Å²) in [6.07, 6.45) is 6.07. The quantitative estimate of drug-likeness (QED) is 0.790. The van der Waals surface area contributed by atoms with E-state index in [1.165, 1.54) is 31.2 Å². The molecule has 0 aliphatic heterocycles. The molecule has 0 radical (unpaired) electrons. The molecular weight excluding hydrogens is 256 g/mol. The molecule has 0 spiro atoms. The van der Waals surface area contributed by atoms with Crippen LogP contribution in [0, 0.1) is 5.41 Å². The second-order valence-electron chi connectivity index (χ2n) is 5.49. The fourth-order valence-electron chi connectivity index (χ4n) is 2.76. The average Bonchev–Trinajstić information content (AvgIpc) is 2.94. The zero-order valence-electron chi connectivity index (χ0n) is 11.9. The smallest absolute Gasteiger partial charge is 0.161 e. The number of rotatable bonds is 6. The van der Waals surface area contributed by atoms with Crippen LogP contribution in [0.4, 0.5) is 0 Å². The first-order chi connectivity index (χ1) is 9.23. The maximum atomic E-state index is 6.03. The van der Waals surface area contributed by atoms with Crippen molar-refractivity contribution in [2.75, 3.05) is 19.5 Å². The Hall–Kier alpha value is -0.830. The summed E-state index contributed by atoms with van der Waals surface area (Å²) in [6.45, 7) is 2.89. The molecule has 19 heavy (non-hydrogen) atoms. The summed E-state index contributed by atoms with van der Waals surface area (Å²) in [5.41, 5.74) is 1.53. The van der Waals surface area contributed by atoms with Crippen molar-refractivity contribution in [3.05, 3.63) is 23.8 Å². The highest BCUT2D eigenvalue weighted by molar-refractivity contribution is 7.80. The molecule has 0 atom stereocenters. The molecule has 0 bridgehead atoms. The van der Waals surface area contributed by atoms with Gasteiger partial charge in [0, 0.05) is 5.41 Å². The van der Waals surface area contributed by atoms with Crippen LogP contribution >= 0.6 is 12.6 Å². The fraction of sp³-hybridized carbons (Fsp3) is 0.625. The zero-order chi connectivity index (χ0) is 13.7. The van der Waals surface area contributed by atoms with E-state index in [1.54, 1.807) is 7.11 Å². The van der Waals surface area contributed by atoms with E-state index in [9.17, 15) is 0 Å². The first-order valence-corrected chi connectivity index (χ1v) is 7.77. The van der Waals surface area contributed by atoms with Crippen molar-refractivity contribution in [1.82, 2.24) is 0 Å². The molecule has 1 aliphatic carbocycles. The normalized spacial score (nSPS) is 17.4.